The maximum absolute atomic E-state index is 12.4. The van der Waals surface area contributed by atoms with E-state index < -0.39 is 0 Å². The van der Waals surface area contributed by atoms with Gasteiger partial charge in [0.25, 0.3) is 5.91 Å². The highest BCUT2D eigenvalue weighted by Crippen LogP contribution is 2.26. The predicted molar refractivity (Wildman–Crippen MR) is 118 cm³/mol. The maximum Gasteiger partial charge on any atom is 0.263 e. The van der Waals surface area contributed by atoms with E-state index in [1.54, 1.807) is 12.1 Å². The highest BCUT2D eigenvalue weighted by molar-refractivity contribution is 5.97. The van der Waals surface area contributed by atoms with E-state index in [2.05, 4.69) is 35.8 Å². The Labute approximate surface area is 178 Å². The van der Waals surface area contributed by atoms with Crippen LogP contribution in [0, 0.1) is 11.3 Å². The average Bonchev–Trinajstić information content (AvgIpc) is 2.78. The molecule has 0 saturated carbocycles. The van der Waals surface area contributed by atoms with Crippen molar-refractivity contribution in [2.45, 2.75) is 51.5 Å². The lowest BCUT2D eigenvalue weighted by molar-refractivity contribution is -0.117. The smallest absolute Gasteiger partial charge is 0.263 e. The Morgan fingerprint density at radius 1 is 1.17 bits per heavy atom. The quantitative estimate of drug-likeness (QED) is 0.458. The van der Waals surface area contributed by atoms with Gasteiger partial charge in [0.15, 0.2) is 0 Å². The number of phenols is 1. The van der Waals surface area contributed by atoms with Crippen molar-refractivity contribution < 1.29 is 9.90 Å². The average molecular weight is 404 g/mol. The maximum atomic E-state index is 12.4. The summed E-state index contributed by atoms with van der Waals surface area (Å²) in [6, 6.07) is 15.6. The van der Waals surface area contributed by atoms with Crippen molar-refractivity contribution in [2.75, 3.05) is 6.54 Å². The highest BCUT2D eigenvalue weighted by Gasteiger charge is 2.15. The second-order valence-corrected chi connectivity index (χ2v) is 7.70. The first kappa shape index (κ1) is 21.4. The molecule has 2 aromatic carbocycles. The molecule has 5 heteroatoms. The van der Waals surface area contributed by atoms with Crippen LogP contribution in [-0.4, -0.2) is 17.6 Å². The monoisotopic (exact) mass is 403 g/mol. The third-order valence-corrected chi connectivity index (χ3v) is 5.61. The van der Waals surface area contributed by atoms with Crippen LogP contribution in [0.2, 0.25) is 0 Å². The molecule has 1 amide bonds. The summed E-state index contributed by atoms with van der Waals surface area (Å²) in [5, 5.41) is 24.8. The molecule has 2 aromatic rings. The molecule has 1 atom stereocenters. The lowest BCUT2D eigenvalue weighted by atomic mass is 9.89. The van der Waals surface area contributed by atoms with E-state index in [-0.39, 0.29) is 23.3 Å². The number of hydrogen-bond donors (Lipinski definition) is 3. The molecule has 0 spiro atoms. The lowest BCUT2D eigenvalue weighted by Crippen LogP contribution is -2.28. The number of amides is 1. The molecule has 3 rings (SSSR count). The number of nitrogens with one attached hydrogen (secondary N) is 2. The van der Waals surface area contributed by atoms with E-state index in [4.69, 9.17) is 0 Å². The van der Waals surface area contributed by atoms with Crippen LogP contribution < -0.4 is 10.6 Å². The summed E-state index contributed by atoms with van der Waals surface area (Å²) < 4.78 is 0. The number of fused-ring (bicyclic) bond motifs is 1. The minimum Gasteiger partial charge on any atom is -0.508 e. The van der Waals surface area contributed by atoms with Crippen LogP contribution in [0.4, 0.5) is 0 Å². The second kappa shape index (κ2) is 10.5. The van der Waals surface area contributed by atoms with Crippen LogP contribution in [0.25, 0.3) is 0 Å². The van der Waals surface area contributed by atoms with Crippen molar-refractivity contribution in [3.8, 4) is 11.8 Å². The van der Waals surface area contributed by atoms with Crippen LogP contribution in [0.5, 0.6) is 5.75 Å². The number of phenolic OH excluding ortho intramolecular Hbond substituents is 1. The number of nitriles is 1. The van der Waals surface area contributed by atoms with Gasteiger partial charge < -0.3 is 15.7 Å². The topological polar surface area (TPSA) is 85.2 Å². The molecule has 1 aliphatic rings. The third kappa shape index (κ3) is 5.64. The number of carbonyl (C=O) groups excluding carboxylic acids is 1. The van der Waals surface area contributed by atoms with E-state index in [9.17, 15) is 15.2 Å². The first-order valence-electron chi connectivity index (χ1n) is 10.6. The summed E-state index contributed by atoms with van der Waals surface area (Å²) in [5.74, 6) is -0.169. The van der Waals surface area contributed by atoms with E-state index in [0.29, 0.717) is 13.0 Å². The minimum absolute atomic E-state index is 0.0605. The van der Waals surface area contributed by atoms with Gasteiger partial charge in [-0.3, -0.25) is 4.79 Å². The van der Waals surface area contributed by atoms with Gasteiger partial charge in [0.1, 0.15) is 17.4 Å². The first-order valence-corrected chi connectivity index (χ1v) is 10.6. The number of nitrogens with zero attached hydrogens (tertiary/aromatic N) is 1. The van der Waals surface area contributed by atoms with Crippen LogP contribution in [0.1, 0.15) is 54.5 Å². The van der Waals surface area contributed by atoms with Gasteiger partial charge in [0.05, 0.1) is 6.04 Å². The summed E-state index contributed by atoms with van der Waals surface area (Å²) in [6.07, 6.45) is 7.80. The molecule has 0 aromatic heterocycles. The van der Waals surface area contributed by atoms with Crippen molar-refractivity contribution in [1.82, 2.24) is 10.6 Å². The Morgan fingerprint density at radius 2 is 1.90 bits per heavy atom. The normalized spacial score (nSPS) is 14.3. The SMILES string of the molecule is CCC(N/C=C(/C#N)C(=O)NCCc1ccc(O)cc1)c1ccc2c(c1)CCCC2. The molecule has 0 heterocycles. The second-order valence-electron chi connectivity index (χ2n) is 7.70. The Balaban J connectivity index is 1.58. The predicted octanol–water partition coefficient (Wildman–Crippen LogP) is 4.08. The zero-order valence-corrected chi connectivity index (χ0v) is 17.4. The van der Waals surface area contributed by atoms with Gasteiger partial charge in [-0.2, -0.15) is 5.26 Å². The van der Waals surface area contributed by atoms with Crippen LogP contribution in [0.15, 0.2) is 54.2 Å². The Bertz CT molecular complexity index is 942. The Hall–Kier alpha value is -3.26. The molecule has 0 bridgehead atoms. The van der Waals surface area contributed by atoms with E-state index in [0.717, 1.165) is 24.8 Å². The molecular weight excluding hydrogens is 374 g/mol. The van der Waals surface area contributed by atoms with E-state index >= 15 is 0 Å². The summed E-state index contributed by atoms with van der Waals surface area (Å²) in [6.45, 7) is 2.51. The number of aryl methyl sites for hydroxylation is 2. The third-order valence-electron chi connectivity index (χ3n) is 5.61. The number of carbonyl (C=O) groups is 1. The van der Waals surface area contributed by atoms with Crippen molar-refractivity contribution in [1.29, 1.82) is 5.26 Å². The Kier molecular flexibility index (Phi) is 7.51. The molecule has 1 unspecified atom stereocenters. The number of hydrogen-bond acceptors (Lipinski definition) is 4. The van der Waals surface area contributed by atoms with Gasteiger partial charge in [-0.05, 0) is 72.9 Å². The Morgan fingerprint density at radius 3 is 2.60 bits per heavy atom. The highest BCUT2D eigenvalue weighted by atomic mass is 16.3. The fourth-order valence-electron chi connectivity index (χ4n) is 3.83. The van der Waals surface area contributed by atoms with Gasteiger partial charge in [0.2, 0.25) is 0 Å². The summed E-state index contributed by atoms with van der Waals surface area (Å²) in [4.78, 5) is 12.4. The number of aromatic hydroxyl groups is 1. The molecule has 0 radical (unpaired) electrons. The number of benzene rings is 2. The molecule has 0 saturated heterocycles. The standard InChI is InChI=1S/C25H29N3O2/c1-2-24(21-10-9-19-5-3-4-6-20(19)15-21)28-17-22(16-26)25(30)27-14-13-18-7-11-23(29)12-8-18/h7-12,15,17,24,28-29H,2-6,13-14H2,1H3,(H,27,30)/b22-17-. The zero-order chi connectivity index (χ0) is 21.3. The van der Waals surface area contributed by atoms with Gasteiger partial charge in [-0.1, -0.05) is 37.3 Å². The number of rotatable bonds is 8. The first-order chi connectivity index (χ1) is 14.6. The summed E-state index contributed by atoms with van der Waals surface area (Å²) in [7, 11) is 0. The molecule has 0 fully saturated rings. The van der Waals surface area contributed by atoms with Crippen molar-refractivity contribution in [2.24, 2.45) is 0 Å². The lowest BCUT2D eigenvalue weighted by Gasteiger charge is -2.21. The van der Waals surface area contributed by atoms with Gasteiger partial charge >= 0.3 is 0 Å². The molecule has 156 valence electrons. The van der Waals surface area contributed by atoms with Gasteiger partial charge in [0, 0.05) is 12.7 Å². The summed E-state index contributed by atoms with van der Waals surface area (Å²) >= 11 is 0. The van der Waals surface area contributed by atoms with Gasteiger partial charge in [-0.15, -0.1) is 0 Å². The van der Waals surface area contributed by atoms with Crippen molar-refractivity contribution in [3.63, 3.8) is 0 Å². The van der Waals surface area contributed by atoms with Crippen molar-refractivity contribution >= 4 is 5.91 Å². The molecule has 5 nitrogen and oxygen atoms in total. The fraction of sp³-hybridized carbons (Fsp3) is 0.360. The van der Waals surface area contributed by atoms with Crippen LogP contribution in [-0.2, 0) is 24.1 Å². The summed E-state index contributed by atoms with van der Waals surface area (Å²) in [5.41, 5.74) is 5.14. The van der Waals surface area contributed by atoms with E-state index in [1.165, 1.54) is 35.7 Å². The van der Waals surface area contributed by atoms with Crippen LogP contribution >= 0.6 is 0 Å². The van der Waals surface area contributed by atoms with Crippen molar-refractivity contribution in [3.05, 3.63) is 76.5 Å². The molecule has 30 heavy (non-hydrogen) atoms. The largest absolute Gasteiger partial charge is 0.508 e. The molecule has 1 aliphatic carbocycles. The zero-order valence-electron chi connectivity index (χ0n) is 17.4. The molecular formula is C25H29N3O2. The molecule has 0 aliphatic heterocycles. The van der Waals surface area contributed by atoms with E-state index in [1.807, 2.05) is 18.2 Å². The van der Waals surface area contributed by atoms with Gasteiger partial charge in [-0.25, -0.2) is 0 Å². The fourth-order valence-corrected chi connectivity index (χ4v) is 3.83. The molecule has 3 N–H and O–H groups in total. The van der Waals surface area contributed by atoms with Crippen LogP contribution in [0.3, 0.4) is 0 Å². The minimum atomic E-state index is -0.385.